The van der Waals surface area contributed by atoms with E-state index in [4.69, 9.17) is 9.73 Å². The zero-order valence-electron chi connectivity index (χ0n) is 19.2. The maximum Gasteiger partial charge on any atom is 0.251 e. The molecule has 31 heavy (non-hydrogen) atoms. The van der Waals surface area contributed by atoms with Crippen molar-refractivity contribution < 1.29 is 14.6 Å². The molecule has 174 valence electrons. The number of amides is 1. The highest BCUT2D eigenvalue weighted by atomic mass is 16.5. The molecule has 1 aliphatic rings. The van der Waals surface area contributed by atoms with Gasteiger partial charge in [0, 0.05) is 44.3 Å². The van der Waals surface area contributed by atoms with Crippen molar-refractivity contribution in [3.05, 3.63) is 29.8 Å². The summed E-state index contributed by atoms with van der Waals surface area (Å²) in [7, 11) is 0. The summed E-state index contributed by atoms with van der Waals surface area (Å²) < 4.78 is 5.53. The Bertz CT molecular complexity index is 670. The number of phenolic OH excluding ortho intramolecular Hbond substituents is 1. The number of nitrogens with one attached hydrogen (secondary N) is 3. The zero-order chi connectivity index (χ0) is 22.5. The first-order valence-electron chi connectivity index (χ1n) is 11.5. The molecule has 8 heteroatoms. The van der Waals surface area contributed by atoms with E-state index in [0.717, 1.165) is 58.2 Å². The number of hydrogen-bond acceptors (Lipinski definition) is 5. The van der Waals surface area contributed by atoms with E-state index in [1.54, 1.807) is 12.1 Å². The minimum Gasteiger partial charge on any atom is -0.508 e. The fourth-order valence-electron chi connectivity index (χ4n) is 3.90. The van der Waals surface area contributed by atoms with Gasteiger partial charge in [-0.1, -0.05) is 26.7 Å². The van der Waals surface area contributed by atoms with Crippen LogP contribution in [0.5, 0.6) is 5.75 Å². The fraction of sp³-hybridized carbons (Fsp3) is 0.652. The van der Waals surface area contributed by atoms with Gasteiger partial charge in [-0.25, -0.2) is 0 Å². The fourth-order valence-corrected chi connectivity index (χ4v) is 3.90. The third kappa shape index (κ3) is 8.38. The average Bonchev–Trinajstić information content (AvgIpc) is 2.80. The van der Waals surface area contributed by atoms with Crippen molar-refractivity contribution >= 4 is 11.9 Å². The van der Waals surface area contributed by atoms with Crippen LogP contribution in [0.3, 0.4) is 0 Å². The molecule has 0 aliphatic carbocycles. The van der Waals surface area contributed by atoms with E-state index >= 15 is 0 Å². The van der Waals surface area contributed by atoms with Crippen LogP contribution in [0.4, 0.5) is 0 Å². The van der Waals surface area contributed by atoms with E-state index in [2.05, 4.69) is 34.7 Å². The van der Waals surface area contributed by atoms with E-state index in [9.17, 15) is 9.90 Å². The van der Waals surface area contributed by atoms with E-state index < -0.39 is 0 Å². The summed E-state index contributed by atoms with van der Waals surface area (Å²) >= 11 is 0. The Morgan fingerprint density at radius 3 is 2.32 bits per heavy atom. The zero-order valence-corrected chi connectivity index (χ0v) is 19.2. The lowest BCUT2D eigenvalue weighted by atomic mass is 9.92. The van der Waals surface area contributed by atoms with Gasteiger partial charge in [0.2, 0.25) is 0 Å². The Hall–Kier alpha value is -2.32. The third-order valence-electron chi connectivity index (χ3n) is 5.72. The van der Waals surface area contributed by atoms with Gasteiger partial charge in [0.25, 0.3) is 5.91 Å². The molecule has 0 bridgehead atoms. The molecule has 1 aromatic carbocycles. The predicted molar refractivity (Wildman–Crippen MR) is 125 cm³/mol. The summed E-state index contributed by atoms with van der Waals surface area (Å²) in [6.07, 6.45) is 2.28. The van der Waals surface area contributed by atoms with Crippen molar-refractivity contribution in [2.45, 2.75) is 39.7 Å². The SMILES string of the molecule is CCNC(=NCC(C(CC)CC)N1CCOCC1)NCCNC(=O)c1ccc(O)cc1. The first kappa shape index (κ1) is 24.9. The maximum absolute atomic E-state index is 12.2. The van der Waals surface area contributed by atoms with Crippen LogP contribution in [-0.2, 0) is 4.74 Å². The molecule has 1 aliphatic heterocycles. The minimum atomic E-state index is -0.162. The van der Waals surface area contributed by atoms with Gasteiger partial charge in [0.15, 0.2) is 5.96 Å². The molecule has 8 nitrogen and oxygen atoms in total. The van der Waals surface area contributed by atoms with Crippen LogP contribution in [0.25, 0.3) is 0 Å². The van der Waals surface area contributed by atoms with Gasteiger partial charge in [-0.3, -0.25) is 14.7 Å². The molecular formula is C23H39N5O3. The van der Waals surface area contributed by atoms with Crippen molar-refractivity contribution in [3.63, 3.8) is 0 Å². The molecular weight excluding hydrogens is 394 g/mol. The molecule has 0 aromatic heterocycles. The first-order valence-corrected chi connectivity index (χ1v) is 11.5. The lowest BCUT2D eigenvalue weighted by molar-refractivity contribution is 0.00395. The van der Waals surface area contributed by atoms with E-state index in [0.29, 0.717) is 30.6 Å². The van der Waals surface area contributed by atoms with Crippen molar-refractivity contribution in [3.8, 4) is 5.75 Å². The van der Waals surface area contributed by atoms with Gasteiger partial charge in [-0.15, -0.1) is 0 Å². The number of aliphatic imine (C=N–C) groups is 1. The summed E-state index contributed by atoms with van der Waals surface area (Å²) in [5.41, 5.74) is 0.525. The van der Waals surface area contributed by atoms with Gasteiger partial charge >= 0.3 is 0 Å². The van der Waals surface area contributed by atoms with E-state index in [-0.39, 0.29) is 11.7 Å². The van der Waals surface area contributed by atoms with E-state index in [1.807, 2.05) is 6.92 Å². The second-order valence-corrected chi connectivity index (χ2v) is 7.74. The molecule has 0 saturated carbocycles. The highest BCUT2D eigenvalue weighted by molar-refractivity contribution is 5.94. The topological polar surface area (TPSA) is 98.2 Å². The molecule has 1 amide bonds. The lowest BCUT2D eigenvalue weighted by Gasteiger charge is -2.38. The van der Waals surface area contributed by atoms with E-state index in [1.165, 1.54) is 12.1 Å². The molecule has 1 fully saturated rings. The van der Waals surface area contributed by atoms with Crippen LogP contribution in [-0.4, -0.2) is 80.4 Å². The molecule has 1 unspecified atom stereocenters. The summed E-state index contributed by atoms with van der Waals surface area (Å²) in [6, 6.07) is 6.63. The Morgan fingerprint density at radius 2 is 1.71 bits per heavy atom. The summed E-state index contributed by atoms with van der Waals surface area (Å²) in [5, 5.41) is 18.8. The van der Waals surface area contributed by atoms with Gasteiger partial charge in [-0.2, -0.15) is 0 Å². The third-order valence-corrected chi connectivity index (χ3v) is 5.72. The molecule has 1 saturated heterocycles. The summed E-state index contributed by atoms with van der Waals surface area (Å²) in [6.45, 7) is 12.6. The highest BCUT2D eigenvalue weighted by Gasteiger charge is 2.26. The molecule has 2 rings (SSSR count). The lowest BCUT2D eigenvalue weighted by Crippen LogP contribution is -2.49. The number of benzene rings is 1. The molecule has 4 N–H and O–H groups in total. The standard InChI is InChI=1S/C23H39N5O3/c1-4-18(5-2)21(28-13-15-31-16-14-28)17-27-23(24-6-3)26-12-11-25-22(30)19-7-9-20(29)10-8-19/h7-10,18,21,29H,4-6,11-17H2,1-3H3,(H,25,30)(H2,24,26,27). The molecule has 1 atom stereocenters. The Labute approximate surface area is 186 Å². The Kier molecular flexibility index (Phi) is 11.2. The number of phenols is 1. The average molecular weight is 434 g/mol. The van der Waals surface area contributed by atoms with Gasteiger partial charge in [0.05, 0.1) is 19.8 Å². The van der Waals surface area contributed by atoms with Crippen molar-refractivity contribution in [1.82, 2.24) is 20.9 Å². The van der Waals surface area contributed by atoms with Crippen LogP contribution in [0.2, 0.25) is 0 Å². The Balaban J connectivity index is 1.88. The smallest absolute Gasteiger partial charge is 0.251 e. The Morgan fingerprint density at radius 1 is 1.06 bits per heavy atom. The molecule has 0 radical (unpaired) electrons. The molecule has 1 aromatic rings. The number of carbonyl (C=O) groups excluding carboxylic acids is 1. The van der Waals surface area contributed by atoms with Crippen LogP contribution in [0.15, 0.2) is 29.3 Å². The van der Waals surface area contributed by atoms with Gasteiger partial charge in [0.1, 0.15) is 5.75 Å². The molecule has 1 heterocycles. The number of hydrogen-bond donors (Lipinski definition) is 4. The highest BCUT2D eigenvalue weighted by Crippen LogP contribution is 2.20. The molecule has 0 spiro atoms. The minimum absolute atomic E-state index is 0.147. The largest absolute Gasteiger partial charge is 0.508 e. The first-order chi connectivity index (χ1) is 15.1. The van der Waals surface area contributed by atoms with Crippen LogP contribution >= 0.6 is 0 Å². The second kappa shape index (κ2) is 13.9. The van der Waals surface area contributed by atoms with Crippen molar-refractivity contribution in [2.75, 3.05) is 52.5 Å². The van der Waals surface area contributed by atoms with Gasteiger partial charge < -0.3 is 25.8 Å². The predicted octanol–water partition coefficient (Wildman–Crippen LogP) is 1.81. The van der Waals surface area contributed by atoms with Gasteiger partial charge in [-0.05, 0) is 37.1 Å². The van der Waals surface area contributed by atoms with Crippen LogP contribution in [0, 0.1) is 5.92 Å². The number of carbonyl (C=O) groups is 1. The quantitative estimate of drug-likeness (QED) is 0.241. The van der Waals surface area contributed by atoms with Crippen molar-refractivity contribution in [1.29, 1.82) is 0 Å². The maximum atomic E-state index is 12.2. The number of ether oxygens (including phenoxy) is 1. The summed E-state index contributed by atoms with van der Waals surface area (Å²) in [5.74, 6) is 1.36. The number of aromatic hydroxyl groups is 1. The number of morpholine rings is 1. The monoisotopic (exact) mass is 433 g/mol. The number of nitrogens with zero attached hydrogens (tertiary/aromatic N) is 2. The van der Waals surface area contributed by atoms with Crippen LogP contribution in [0.1, 0.15) is 44.0 Å². The van der Waals surface area contributed by atoms with Crippen LogP contribution < -0.4 is 16.0 Å². The number of rotatable bonds is 11. The summed E-state index contributed by atoms with van der Waals surface area (Å²) in [4.78, 5) is 19.6. The number of guanidine groups is 1. The van der Waals surface area contributed by atoms with Crippen molar-refractivity contribution in [2.24, 2.45) is 10.9 Å². The normalized spacial score (nSPS) is 16.2. The second-order valence-electron chi connectivity index (χ2n) is 7.74.